The maximum absolute atomic E-state index is 9.63. The topological polar surface area (TPSA) is 41.5 Å². The van der Waals surface area contributed by atoms with Crippen molar-refractivity contribution in [2.45, 2.75) is 6.10 Å². The maximum atomic E-state index is 9.63. The molecule has 0 radical (unpaired) electrons. The van der Waals surface area contributed by atoms with E-state index in [9.17, 15) is 5.11 Å². The van der Waals surface area contributed by atoms with Crippen LogP contribution in [0.2, 0.25) is 0 Å². The second-order valence-electron chi connectivity index (χ2n) is 2.56. The van der Waals surface area contributed by atoms with Gasteiger partial charge in [-0.05, 0) is 29.0 Å². The van der Waals surface area contributed by atoms with Crippen LogP contribution in [0.1, 0.15) is 11.0 Å². The lowest BCUT2D eigenvalue weighted by Crippen LogP contribution is -2.15. The number of nitrogens with one attached hydrogen (secondary N) is 1. The Morgan fingerprint density at radius 3 is 2.92 bits per heavy atom. The number of hydrogen-bond donors (Lipinski definition) is 2. The number of rotatable bonds is 4. The first kappa shape index (κ1) is 11.0. The van der Waals surface area contributed by atoms with E-state index >= 15 is 0 Å². The third kappa shape index (κ3) is 2.67. The highest BCUT2D eigenvalue weighted by Crippen LogP contribution is 2.37. The molecular weight excluding hydrogens is 254 g/mol. The number of aliphatic hydroxyl groups excluding tert-OH is 1. The largest absolute Gasteiger partial charge is 0.486 e. The van der Waals surface area contributed by atoms with E-state index in [4.69, 9.17) is 4.74 Å². The van der Waals surface area contributed by atoms with E-state index < -0.39 is 6.10 Å². The minimum absolute atomic E-state index is 0.463. The summed E-state index contributed by atoms with van der Waals surface area (Å²) >= 11 is 4.80. The molecule has 1 aromatic heterocycles. The molecule has 1 aromatic rings. The Balaban J connectivity index is 2.77. The molecule has 1 unspecified atom stereocenters. The summed E-state index contributed by atoms with van der Waals surface area (Å²) in [5.41, 5.74) is 0. The van der Waals surface area contributed by atoms with Crippen LogP contribution in [-0.2, 0) is 0 Å². The number of thiophene rings is 1. The van der Waals surface area contributed by atoms with Crippen LogP contribution >= 0.6 is 27.3 Å². The fourth-order valence-corrected chi connectivity index (χ4v) is 2.62. The zero-order valence-corrected chi connectivity index (χ0v) is 9.91. The van der Waals surface area contributed by atoms with Gasteiger partial charge in [0.15, 0.2) is 5.06 Å². The first-order valence-electron chi connectivity index (χ1n) is 3.85. The van der Waals surface area contributed by atoms with Gasteiger partial charge in [-0.15, -0.1) is 11.3 Å². The zero-order valence-electron chi connectivity index (χ0n) is 7.50. The molecule has 0 aromatic carbocycles. The Kier molecular flexibility index (Phi) is 4.18. The first-order valence-corrected chi connectivity index (χ1v) is 5.46. The maximum Gasteiger partial charge on any atom is 0.188 e. The van der Waals surface area contributed by atoms with Crippen molar-refractivity contribution >= 4 is 27.3 Å². The zero-order chi connectivity index (χ0) is 9.84. The summed E-state index contributed by atoms with van der Waals surface area (Å²) in [7, 11) is 3.42. The van der Waals surface area contributed by atoms with Crippen LogP contribution in [-0.4, -0.2) is 25.8 Å². The van der Waals surface area contributed by atoms with E-state index in [1.165, 1.54) is 11.3 Å². The Bertz CT molecular complexity index is 277. The third-order valence-electron chi connectivity index (χ3n) is 1.59. The molecule has 0 aliphatic carbocycles. The number of ether oxygens (including phenoxy) is 1. The molecule has 1 rings (SSSR count). The van der Waals surface area contributed by atoms with E-state index in [-0.39, 0.29) is 0 Å². The molecule has 0 amide bonds. The number of hydrogen-bond acceptors (Lipinski definition) is 4. The normalized spacial score (nSPS) is 12.9. The Morgan fingerprint density at radius 1 is 1.77 bits per heavy atom. The molecule has 74 valence electrons. The predicted octanol–water partition coefficient (Wildman–Crippen LogP) is 1.77. The van der Waals surface area contributed by atoms with Gasteiger partial charge in [0.25, 0.3) is 0 Å². The van der Waals surface area contributed by atoms with Gasteiger partial charge in [0, 0.05) is 11.4 Å². The van der Waals surface area contributed by atoms with Crippen molar-refractivity contribution in [3.05, 3.63) is 15.4 Å². The van der Waals surface area contributed by atoms with Crippen molar-refractivity contribution in [1.29, 1.82) is 0 Å². The molecule has 1 heterocycles. The van der Waals surface area contributed by atoms with Crippen LogP contribution in [0.5, 0.6) is 5.06 Å². The Morgan fingerprint density at radius 2 is 2.46 bits per heavy atom. The van der Waals surface area contributed by atoms with Crippen molar-refractivity contribution in [2.75, 3.05) is 20.7 Å². The molecule has 5 heteroatoms. The van der Waals surface area contributed by atoms with Crippen molar-refractivity contribution in [2.24, 2.45) is 0 Å². The van der Waals surface area contributed by atoms with E-state index in [0.29, 0.717) is 6.54 Å². The average Bonchev–Trinajstić information content (AvgIpc) is 2.47. The number of aliphatic hydroxyl groups is 1. The number of likely N-dealkylation sites (N-methyl/N-ethyl adjacent to an activating group) is 1. The Hall–Kier alpha value is -0.100. The van der Waals surface area contributed by atoms with E-state index in [1.54, 1.807) is 7.11 Å². The average molecular weight is 266 g/mol. The highest BCUT2D eigenvalue weighted by atomic mass is 79.9. The minimum atomic E-state index is -0.463. The van der Waals surface area contributed by atoms with Crippen LogP contribution < -0.4 is 10.1 Å². The van der Waals surface area contributed by atoms with Crippen LogP contribution in [0.15, 0.2) is 10.5 Å². The molecule has 0 fully saturated rings. The van der Waals surface area contributed by atoms with Crippen molar-refractivity contribution in [3.63, 3.8) is 0 Å². The summed E-state index contributed by atoms with van der Waals surface area (Å²) in [4.78, 5) is 0.901. The van der Waals surface area contributed by atoms with Gasteiger partial charge in [-0.1, -0.05) is 0 Å². The number of methoxy groups -OCH3 is 1. The quantitative estimate of drug-likeness (QED) is 0.872. The van der Waals surface area contributed by atoms with Crippen molar-refractivity contribution in [3.8, 4) is 5.06 Å². The van der Waals surface area contributed by atoms with E-state index in [2.05, 4.69) is 21.2 Å². The molecule has 0 saturated carbocycles. The fraction of sp³-hybridized carbons (Fsp3) is 0.500. The molecule has 0 spiro atoms. The summed E-state index contributed by atoms with van der Waals surface area (Å²) in [5.74, 6) is 0. The second kappa shape index (κ2) is 4.95. The summed E-state index contributed by atoms with van der Waals surface area (Å²) in [6.07, 6.45) is -0.463. The molecule has 3 nitrogen and oxygen atoms in total. The number of halogens is 1. The van der Waals surface area contributed by atoms with Crippen molar-refractivity contribution < 1.29 is 9.84 Å². The molecule has 0 saturated heterocycles. The molecule has 0 bridgehead atoms. The van der Waals surface area contributed by atoms with E-state index in [1.807, 2.05) is 13.1 Å². The van der Waals surface area contributed by atoms with Gasteiger partial charge in [-0.25, -0.2) is 0 Å². The molecule has 0 aliphatic rings. The lowest BCUT2D eigenvalue weighted by Gasteiger charge is -2.05. The van der Waals surface area contributed by atoms with Crippen LogP contribution in [0.4, 0.5) is 0 Å². The van der Waals surface area contributed by atoms with Gasteiger partial charge in [-0.3, -0.25) is 0 Å². The first-order chi connectivity index (χ1) is 6.19. The van der Waals surface area contributed by atoms with Gasteiger partial charge in [0.1, 0.15) is 6.10 Å². The van der Waals surface area contributed by atoms with Gasteiger partial charge in [-0.2, -0.15) is 0 Å². The van der Waals surface area contributed by atoms with Gasteiger partial charge in [0.05, 0.1) is 11.6 Å². The van der Waals surface area contributed by atoms with Crippen LogP contribution in [0.3, 0.4) is 0 Å². The third-order valence-corrected chi connectivity index (χ3v) is 3.63. The highest BCUT2D eigenvalue weighted by molar-refractivity contribution is 9.10. The molecular formula is C8H12BrNO2S. The van der Waals surface area contributed by atoms with Crippen LogP contribution in [0.25, 0.3) is 0 Å². The van der Waals surface area contributed by atoms with Gasteiger partial charge in [0.2, 0.25) is 0 Å². The molecule has 2 N–H and O–H groups in total. The van der Waals surface area contributed by atoms with Gasteiger partial charge < -0.3 is 15.2 Å². The summed E-state index contributed by atoms with van der Waals surface area (Å²) in [5, 5.41) is 13.3. The minimum Gasteiger partial charge on any atom is -0.486 e. The SMILES string of the molecule is CNCC(O)c1cc(Br)c(OC)s1. The van der Waals surface area contributed by atoms with E-state index in [0.717, 1.165) is 14.4 Å². The van der Waals surface area contributed by atoms with Gasteiger partial charge >= 0.3 is 0 Å². The molecule has 1 atom stereocenters. The lowest BCUT2D eigenvalue weighted by atomic mass is 10.3. The highest BCUT2D eigenvalue weighted by Gasteiger charge is 2.13. The summed E-state index contributed by atoms with van der Waals surface area (Å²) in [6, 6.07) is 1.88. The smallest absolute Gasteiger partial charge is 0.188 e. The van der Waals surface area contributed by atoms with Crippen molar-refractivity contribution in [1.82, 2.24) is 5.32 Å². The standard InChI is InChI=1S/C8H12BrNO2S/c1-10-4-6(11)7-3-5(9)8(12-2)13-7/h3,6,10-11H,4H2,1-2H3. The fourth-order valence-electron chi connectivity index (χ4n) is 0.966. The Labute approximate surface area is 89.9 Å². The monoisotopic (exact) mass is 265 g/mol. The second-order valence-corrected chi connectivity index (χ2v) is 4.46. The summed E-state index contributed by atoms with van der Waals surface area (Å²) in [6.45, 7) is 0.552. The molecule has 0 aliphatic heterocycles. The summed E-state index contributed by atoms with van der Waals surface area (Å²) < 4.78 is 5.99. The predicted molar refractivity (Wildman–Crippen MR) is 57.5 cm³/mol. The molecule has 13 heavy (non-hydrogen) atoms. The lowest BCUT2D eigenvalue weighted by molar-refractivity contribution is 0.181. The van der Waals surface area contributed by atoms with Crippen LogP contribution in [0, 0.1) is 0 Å².